The van der Waals surface area contributed by atoms with Gasteiger partial charge in [-0.3, -0.25) is 0 Å². The molecule has 0 radical (unpaired) electrons. The van der Waals surface area contributed by atoms with Gasteiger partial charge >= 0.3 is 0 Å². The standard InChI is InChI=1S/C40H25BN2S2/c1-4-13-26(14-5-1)27-23-24-35-31(25-27)38-39(44-35)41-36-30-19-10-11-22-34(30)45-40(36)43(29-17-8-3-9-18-29)33-21-12-20-32(37(33)41)42(38)28-15-6-2-7-16-28/h1-25H/i12D,20D,21D. The molecule has 45 heavy (non-hydrogen) atoms. The zero-order valence-corrected chi connectivity index (χ0v) is 25.6. The highest BCUT2D eigenvalue weighted by molar-refractivity contribution is 7.35. The molecule has 0 unspecified atom stereocenters. The number of benzene rings is 6. The number of para-hydroxylation sites is 2. The summed E-state index contributed by atoms with van der Waals surface area (Å²) in [6.07, 6.45) is 0. The van der Waals surface area contributed by atoms with E-state index in [2.05, 4.69) is 101 Å². The summed E-state index contributed by atoms with van der Waals surface area (Å²) in [5.41, 5.74) is 8.72. The number of hydrogen-bond donors (Lipinski definition) is 0. The zero-order chi connectivity index (χ0) is 32.1. The zero-order valence-electron chi connectivity index (χ0n) is 27.0. The van der Waals surface area contributed by atoms with Gasteiger partial charge in [0.05, 0.1) is 14.8 Å². The van der Waals surface area contributed by atoms with Crippen LogP contribution in [-0.4, -0.2) is 6.71 Å². The Bertz CT molecular complexity index is 2570. The number of hydrogen-bond acceptors (Lipinski definition) is 4. The minimum absolute atomic E-state index is 0.0677. The summed E-state index contributed by atoms with van der Waals surface area (Å²) >= 11 is 3.54. The maximum Gasteiger partial charge on any atom is 0.266 e. The second kappa shape index (κ2) is 9.70. The summed E-state index contributed by atoms with van der Waals surface area (Å²) in [5.74, 6) is 0. The molecule has 0 N–H and O–H groups in total. The van der Waals surface area contributed by atoms with Crippen LogP contribution < -0.4 is 25.5 Å². The molecule has 4 heterocycles. The quantitative estimate of drug-likeness (QED) is 0.184. The first-order valence-electron chi connectivity index (χ1n) is 16.6. The van der Waals surface area contributed by atoms with Crippen LogP contribution in [-0.2, 0) is 0 Å². The Kier molecular flexibility index (Phi) is 4.83. The predicted molar refractivity (Wildman–Crippen MR) is 197 cm³/mol. The van der Waals surface area contributed by atoms with Crippen molar-refractivity contribution in [2.24, 2.45) is 0 Å². The molecule has 2 aliphatic rings. The molecule has 0 saturated heterocycles. The van der Waals surface area contributed by atoms with Crippen molar-refractivity contribution in [1.29, 1.82) is 0 Å². The Balaban J connectivity index is 1.39. The fourth-order valence-electron chi connectivity index (χ4n) is 7.14. The fourth-order valence-corrected chi connectivity index (χ4v) is 9.70. The lowest BCUT2D eigenvalue weighted by atomic mass is 9.36. The number of anilines is 6. The van der Waals surface area contributed by atoms with Gasteiger partial charge in [0.1, 0.15) is 0 Å². The largest absolute Gasteiger partial charge is 0.310 e. The molecule has 0 aliphatic carbocycles. The molecule has 210 valence electrons. The van der Waals surface area contributed by atoms with Gasteiger partial charge in [0.15, 0.2) is 0 Å². The lowest BCUT2D eigenvalue weighted by Gasteiger charge is -2.42. The van der Waals surface area contributed by atoms with Crippen molar-refractivity contribution in [2.75, 3.05) is 9.80 Å². The highest BCUT2D eigenvalue weighted by atomic mass is 32.1. The Morgan fingerprint density at radius 3 is 1.91 bits per heavy atom. The second-order valence-electron chi connectivity index (χ2n) is 11.5. The first kappa shape index (κ1) is 22.4. The highest BCUT2D eigenvalue weighted by Gasteiger charge is 2.46. The SMILES string of the molecule is [2H]c1c([2H])c2c3c(c1[2H])N(c1ccccc1)c1c(sc4ccc(-c5ccccc5)cc14)B3c1c(sc3ccccc13)N2c1ccccc1. The Hall–Kier alpha value is -5.10. The number of rotatable bonds is 3. The second-order valence-corrected chi connectivity index (χ2v) is 13.6. The normalized spacial score (nSPS) is 14.1. The topological polar surface area (TPSA) is 6.48 Å². The monoisotopic (exact) mass is 611 g/mol. The van der Waals surface area contributed by atoms with Crippen molar-refractivity contribution in [3.8, 4) is 11.1 Å². The lowest BCUT2D eigenvalue weighted by molar-refractivity contribution is 1.28. The van der Waals surface area contributed by atoms with E-state index in [1.165, 1.54) is 25.0 Å². The van der Waals surface area contributed by atoms with Gasteiger partial charge in [-0.1, -0.05) is 97.0 Å². The molecule has 0 amide bonds. The molecule has 0 atom stereocenters. The minimum Gasteiger partial charge on any atom is -0.310 e. The van der Waals surface area contributed by atoms with Gasteiger partial charge in [0.25, 0.3) is 6.71 Å². The van der Waals surface area contributed by atoms with Gasteiger partial charge in [-0.2, -0.15) is 0 Å². The van der Waals surface area contributed by atoms with Crippen molar-refractivity contribution in [3.63, 3.8) is 0 Å². The van der Waals surface area contributed by atoms with E-state index in [4.69, 9.17) is 0 Å². The van der Waals surface area contributed by atoms with Crippen LogP contribution in [0, 0.1) is 0 Å². The molecule has 0 fully saturated rings. The predicted octanol–water partition coefficient (Wildman–Crippen LogP) is 9.87. The third-order valence-electron chi connectivity index (χ3n) is 9.02. The molecule has 5 heteroatoms. The maximum atomic E-state index is 9.58. The van der Waals surface area contributed by atoms with E-state index in [0.717, 1.165) is 44.0 Å². The summed E-state index contributed by atoms with van der Waals surface area (Å²) in [7, 11) is 0. The van der Waals surface area contributed by atoms with Crippen molar-refractivity contribution in [2.45, 2.75) is 0 Å². The molecule has 10 rings (SSSR count). The fraction of sp³-hybridized carbons (Fsp3) is 0. The van der Waals surface area contributed by atoms with Crippen molar-refractivity contribution in [1.82, 2.24) is 0 Å². The van der Waals surface area contributed by atoms with E-state index in [1.807, 2.05) is 42.5 Å². The lowest BCUT2D eigenvalue weighted by Crippen LogP contribution is -2.60. The molecule has 2 aromatic heterocycles. The van der Waals surface area contributed by atoms with Gasteiger partial charge in [-0.15, -0.1) is 22.7 Å². The summed E-state index contributed by atoms with van der Waals surface area (Å²) in [6, 6.07) is 46.3. The van der Waals surface area contributed by atoms with E-state index in [9.17, 15) is 4.11 Å². The van der Waals surface area contributed by atoms with Crippen LogP contribution >= 0.6 is 22.7 Å². The van der Waals surface area contributed by atoms with Crippen molar-refractivity contribution < 1.29 is 4.11 Å². The van der Waals surface area contributed by atoms with Gasteiger partial charge in [-0.05, 0) is 82.0 Å². The van der Waals surface area contributed by atoms with Crippen LogP contribution in [0.5, 0.6) is 0 Å². The first-order chi connectivity index (χ1) is 23.6. The molecular weight excluding hydrogens is 583 g/mol. The Morgan fingerprint density at radius 2 is 1.16 bits per heavy atom. The summed E-state index contributed by atoms with van der Waals surface area (Å²) in [4.78, 5) is 4.39. The molecule has 8 aromatic rings. The molecule has 0 bridgehead atoms. The highest BCUT2D eigenvalue weighted by Crippen LogP contribution is 2.50. The number of nitrogens with zero attached hydrogens (tertiary/aromatic N) is 2. The van der Waals surface area contributed by atoms with E-state index in [-0.39, 0.29) is 24.8 Å². The minimum atomic E-state index is -0.206. The first-order valence-corrected chi connectivity index (χ1v) is 16.7. The van der Waals surface area contributed by atoms with Gasteiger partial charge in [0, 0.05) is 42.3 Å². The summed E-state index contributed by atoms with van der Waals surface area (Å²) in [5, 5.41) is 3.38. The van der Waals surface area contributed by atoms with Crippen molar-refractivity contribution in [3.05, 3.63) is 152 Å². The van der Waals surface area contributed by atoms with E-state index in [1.54, 1.807) is 22.7 Å². The van der Waals surface area contributed by atoms with E-state index < -0.39 is 0 Å². The van der Waals surface area contributed by atoms with Crippen LogP contribution in [0.3, 0.4) is 0 Å². The average Bonchev–Trinajstić information content (AvgIpc) is 3.72. The maximum absolute atomic E-state index is 9.58. The van der Waals surface area contributed by atoms with Gasteiger partial charge in [0.2, 0.25) is 0 Å². The molecule has 0 spiro atoms. The van der Waals surface area contributed by atoms with Crippen LogP contribution in [0.25, 0.3) is 31.3 Å². The Labute approximate surface area is 274 Å². The smallest absolute Gasteiger partial charge is 0.266 e. The van der Waals surface area contributed by atoms with Crippen LogP contribution in [0.1, 0.15) is 4.11 Å². The number of thiophene rings is 2. The van der Waals surface area contributed by atoms with Crippen LogP contribution in [0.2, 0.25) is 0 Å². The molecule has 6 aromatic carbocycles. The number of fused-ring (bicyclic) bond motifs is 8. The van der Waals surface area contributed by atoms with E-state index >= 15 is 0 Å². The average molecular weight is 612 g/mol. The molecule has 2 nitrogen and oxygen atoms in total. The summed E-state index contributed by atoms with van der Waals surface area (Å²) in [6.45, 7) is -0.206. The van der Waals surface area contributed by atoms with E-state index in [0.29, 0.717) is 11.4 Å². The van der Waals surface area contributed by atoms with Gasteiger partial charge < -0.3 is 9.80 Å². The van der Waals surface area contributed by atoms with Gasteiger partial charge in [-0.25, -0.2) is 0 Å². The Morgan fingerprint density at radius 1 is 0.533 bits per heavy atom. The summed E-state index contributed by atoms with van der Waals surface area (Å²) < 4.78 is 31.9. The molecular formula is C40H25BN2S2. The van der Waals surface area contributed by atoms with Crippen LogP contribution in [0.4, 0.5) is 33.4 Å². The van der Waals surface area contributed by atoms with Crippen molar-refractivity contribution >= 4 is 98.7 Å². The third-order valence-corrected chi connectivity index (χ3v) is 11.4. The molecule has 0 saturated carbocycles. The van der Waals surface area contributed by atoms with Crippen LogP contribution in [0.15, 0.2) is 152 Å². The molecule has 2 aliphatic heterocycles. The third kappa shape index (κ3) is 3.62.